The molecule has 14 heteroatoms. The number of nitrogens with zero attached hydrogens (tertiary/aromatic N) is 1. The monoisotopic (exact) mass is 772 g/mol. The molecule has 4 rings (SSSR count). The number of nitrogens with one attached hydrogen (secondary N) is 1. The Labute approximate surface area is 327 Å². The fourth-order valence-corrected chi connectivity index (χ4v) is 5.70. The average molecular weight is 773 g/mol. The molecule has 56 heavy (non-hydrogen) atoms. The van der Waals surface area contributed by atoms with Crippen LogP contribution in [0.4, 0.5) is 5.69 Å². The van der Waals surface area contributed by atoms with Gasteiger partial charge >= 0.3 is 23.9 Å². The predicted molar refractivity (Wildman–Crippen MR) is 209 cm³/mol. The SMILES string of the molecule is CC(C)(C)OC(=O)C[C@H](C(=O)OC(C)(C)C)c1cc2c(c(C(=O)NCc3cccc(C(=O)OC(C)(C)C)c3)c1)OCCCc1cc(N=C(N)N)ccc1C(=O)O2. The Morgan fingerprint density at radius 2 is 1.54 bits per heavy atom. The molecular weight excluding hydrogens is 720 g/mol. The summed E-state index contributed by atoms with van der Waals surface area (Å²) in [4.78, 5) is 71.9. The number of carbonyl (C=O) groups excluding carboxylic acids is 5. The molecule has 0 aromatic heterocycles. The van der Waals surface area contributed by atoms with Crippen LogP contribution in [0.5, 0.6) is 11.5 Å². The number of hydrogen-bond acceptors (Lipinski definition) is 11. The van der Waals surface area contributed by atoms with Crippen LogP contribution in [0.3, 0.4) is 0 Å². The van der Waals surface area contributed by atoms with Crippen LogP contribution in [0.25, 0.3) is 0 Å². The Bertz CT molecular complexity index is 2010. The van der Waals surface area contributed by atoms with Gasteiger partial charge < -0.3 is 40.5 Å². The zero-order valence-electron chi connectivity index (χ0n) is 33.5. The smallest absolute Gasteiger partial charge is 0.343 e. The van der Waals surface area contributed by atoms with Crippen LogP contribution in [-0.2, 0) is 36.8 Å². The molecular formula is C42H52N4O10. The number of ether oxygens (including phenoxy) is 5. The van der Waals surface area contributed by atoms with Crippen LogP contribution in [-0.4, -0.2) is 59.2 Å². The van der Waals surface area contributed by atoms with Crippen LogP contribution < -0.4 is 26.3 Å². The van der Waals surface area contributed by atoms with Gasteiger partial charge in [0.15, 0.2) is 17.5 Å². The standard InChI is InChI=1S/C42H52N4O10/c1-40(2,3)54-33(47)22-30(38(51)56-42(7,8)9)27-20-31(35(48)45-23-24-12-10-13-26(18-24)36(49)55-41(4,5)6)34-32(21-27)53-37(50)29-16-15-28(46-39(43)44)19-25(29)14-11-17-52-34/h10,12-13,15-16,18-21,30H,11,14,17,22-23H2,1-9H3,(H,45,48)(H4,43,44,46)/t30-/m0/s1. The summed E-state index contributed by atoms with van der Waals surface area (Å²) in [5.74, 6) is -5.05. The zero-order valence-corrected chi connectivity index (χ0v) is 33.5. The molecule has 0 unspecified atom stereocenters. The summed E-state index contributed by atoms with van der Waals surface area (Å²) >= 11 is 0. The van der Waals surface area contributed by atoms with Crippen molar-refractivity contribution in [3.63, 3.8) is 0 Å². The lowest BCUT2D eigenvalue weighted by atomic mass is 9.92. The molecule has 0 radical (unpaired) electrons. The highest BCUT2D eigenvalue weighted by atomic mass is 16.6. The number of guanidine groups is 1. The minimum Gasteiger partial charge on any atom is -0.489 e. The van der Waals surface area contributed by atoms with Gasteiger partial charge in [0, 0.05) is 6.54 Å². The highest BCUT2D eigenvalue weighted by molar-refractivity contribution is 6.00. The summed E-state index contributed by atoms with van der Waals surface area (Å²) in [6.07, 6.45) is 0.358. The highest BCUT2D eigenvalue weighted by Crippen LogP contribution is 2.39. The summed E-state index contributed by atoms with van der Waals surface area (Å²) in [6.45, 7) is 15.5. The molecule has 0 spiro atoms. The lowest BCUT2D eigenvalue weighted by Crippen LogP contribution is -2.31. The fourth-order valence-electron chi connectivity index (χ4n) is 5.70. The lowest BCUT2D eigenvalue weighted by Gasteiger charge is -2.26. The van der Waals surface area contributed by atoms with Crippen LogP contribution in [0, 0.1) is 0 Å². The third-order valence-corrected chi connectivity index (χ3v) is 7.83. The Balaban J connectivity index is 1.82. The van der Waals surface area contributed by atoms with E-state index < -0.39 is 58.9 Å². The number of esters is 4. The van der Waals surface area contributed by atoms with Gasteiger partial charge in [-0.2, -0.15) is 0 Å². The number of aryl methyl sites for hydroxylation is 1. The van der Waals surface area contributed by atoms with Crippen LogP contribution in [0.15, 0.2) is 59.6 Å². The second kappa shape index (κ2) is 17.3. The Hall–Kier alpha value is -5.92. The van der Waals surface area contributed by atoms with E-state index in [4.69, 9.17) is 35.2 Å². The van der Waals surface area contributed by atoms with Gasteiger partial charge in [-0.25, -0.2) is 14.6 Å². The van der Waals surface area contributed by atoms with Gasteiger partial charge in [0.1, 0.15) is 16.8 Å². The summed E-state index contributed by atoms with van der Waals surface area (Å²) in [6, 6.07) is 14.2. The molecule has 0 saturated heterocycles. The number of aliphatic imine (C=N–C) groups is 1. The lowest BCUT2D eigenvalue weighted by molar-refractivity contribution is -0.164. The summed E-state index contributed by atoms with van der Waals surface area (Å²) < 4.78 is 28.9. The van der Waals surface area contributed by atoms with Crippen LogP contribution >= 0.6 is 0 Å². The predicted octanol–water partition coefficient (Wildman–Crippen LogP) is 6.18. The summed E-state index contributed by atoms with van der Waals surface area (Å²) in [5, 5.41) is 2.85. The van der Waals surface area contributed by atoms with E-state index in [9.17, 15) is 24.0 Å². The van der Waals surface area contributed by atoms with Gasteiger partial charge in [-0.1, -0.05) is 12.1 Å². The van der Waals surface area contributed by atoms with Crippen molar-refractivity contribution in [2.24, 2.45) is 16.5 Å². The maximum atomic E-state index is 14.2. The van der Waals surface area contributed by atoms with Crippen LogP contribution in [0.1, 0.15) is 129 Å². The molecule has 1 heterocycles. The quantitative estimate of drug-likeness (QED) is 0.0733. The van der Waals surface area contributed by atoms with E-state index in [1.54, 1.807) is 98.7 Å². The number of carbonyl (C=O) groups is 5. The molecule has 300 valence electrons. The Morgan fingerprint density at radius 3 is 2.18 bits per heavy atom. The van der Waals surface area contributed by atoms with Crippen LogP contribution in [0.2, 0.25) is 0 Å². The van der Waals surface area contributed by atoms with Crippen molar-refractivity contribution in [2.45, 2.75) is 111 Å². The number of benzene rings is 3. The molecule has 1 aliphatic rings. The van der Waals surface area contributed by atoms with E-state index in [1.807, 2.05) is 0 Å². The van der Waals surface area contributed by atoms with Gasteiger partial charge in [0.05, 0.1) is 41.3 Å². The Kier molecular flexibility index (Phi) is 13.2. The van der Waals surface area contributed by atoms with Crippen molar-refractivity contribution < 1.29 is 47.7 Å². The van der Waals surface area contributed by atoms with Crippen molar-refractivity contribution in [1.29, 1.82) is 0 Å². The normalized spacial score (nSPS) is 13.7. The molecule has 0 fully saturated rings. The molecule has 0 saturated carbocycles. The van der Waals surface area contributed by atoms with E-state index in [-0.39, 0.29) is 47.3 Å². The first kappa shape index (κ1) is 42.8. The van der Waals surface area contributed by atoms with E-state index in [2.05, 4.69) is 10.3 Å². The zero-order chi connectivity index (χ0) is 41.6. The van der Waals surface area contributed by atoms with Crippen molar-refractivity contribution in [1.82, 2.24) is 5.32 Å². The van der Waals surface area contributed by atoms with E-state index in [0.29, 0.717) is 35.2 Å². The Morgan fingerprint density at radius 1 is 0.857 bits per heavy atom. The number of nitrogens with two attached hydrogens (primary N) is 2. The number of amides is 1. The first-order valence-electron chi connectivity index (χ1n) is 18.3. The number of fused-ring (bicyclic) bond motifs is 2. The molecule has 1 amide bonds. The van der Waals surface area contributed by atoms with Gasteiger partial charge in [-0.3, -0.25) is 14.4 Å². The average Bonchev–Trinajstić information content (AvgIpc) is 3.05. The van der Waals surface area contributed by atoms with Gasteiger partial charge in [-0.15, -0.1) is 0 Å². The number of rotatable bonds is 9. The van der Waals surface area contributed by atoms with Crippen molar-refractivity contribution >= 4 is 41.4 Å². The molecule has 0 bridgehead atoms. The summed E-state index contributed by atoms with van der Waals surface area (Å²) in [5.41, 5.74) is 10.9. The maximum Gasteiger partial charge on any atom is 0.343 e. The second-order valence-corrected chi connectivity index (χ2v) is 16.4. The molecule has 1 aliphatic heterocycles. The third-order valence-electron chi connectivity index (χ3n) is 7.83. The minimum absolute atomic E-state index is 0.0207. The maximum absolute atomic E-state index is 14.2. The van der Waals surface area contributed by atoms with E-state index in [1.165, 1.54) is 18.2 Å². The molecule has 0 aliphatic carbocycles. The van der Waals surface area contributed by atoms with Gasteiger partial charge in [0.2, 0.25) is 0 Å². The van der Waals surface area contributed by atoms with E-state index in [0.717, 1.165) is 0 Å². The van der Waals surface area contributed by atoms with Crippen molar-refractivity contribution in [3.05, 3.63) is 88.0 Å². The molecule has 5 N–H and O–H groups in total. The molecule has 1 atom stereocenters. The topological polar surface area (TPSA) is 208 Å². The number of hydrogen-bond donors (Lipinski definition) is 3. The molecule has 3 aromatic rings. The molecule has 14 nitrogen and oxygen atoms in total. The van der Waals surface area contributed by atoms with Gasteiger partial charge in [0.25, 0.3) is 5.91 Å². The largest absolute Gasteiger partial charge is 0.489 e. The fraction of sp³-hybridized carbons (Fsp3) is 0.429. The van der Waals surface area contributed by atoms with Gasteiger partial charge in [-0.05, 0) is 134 Å². The summed E-state index contributed by atoms with van der Waals surface area (Å²) in [7, 11) is 0. The third kappa shape index (κ3) is 12.6. The first-order valence-corrected chi connectivity index (χ1v) is 18.3. The van der Waals surface area contributed by atoms with Crippen molar-refractivity contribution in [3.8, 4) is 11.5 Å². The minimum atomic E-state index is -1.28. The second-order valence-electron chi connectivity index (χ2n) is 16.4. The highest BCUT2D eigenvalue weighted by Gasteiger charge is 2.34. The first-order chi connectivity index (χ1) is 26.0. The van der Waals surface area contributed by atoms with Crippen molar-refractivity contribution in [2.75, 3.05) is 6.61 Å². The molecule has 3 aromatic carbocycles. The van der Waals surface area contributed by atoms with E-state index >= 15 is 0 Å².